The highest BCUT2D eigenvalue weighted by Crippen LogP contribution is 2.41. The third-order valence-corrected chi connectivity index (χ3v) is 4.57. The van der Waals surface area contributed by atoms with Crippen molar-refractivity contribution in [2.75, 3.05) is 11.9 Å². The zero-order valence-electron chi connectivity index (χ0n) is 7.96. The quantitative estimate of drug-likeness (QED) is 0.826. The van der Waals surface area contributed by atoms with E-state index in [4.69, 9.17) is 5.73 Å². The second-order valence-corrected chi connectivity index (χ2v) is 5.57. The van der Waals surface area contributed by atoms with Gasteiger partial charge in [0.15, 0.2) is 0 Å². The summed E-state index contributed by atoms with van der Waals surface area (Å²) < 4.78 is 1.13. The first-order chi connectivity index (χ1) is 6.72. The number of halogens is 1. The smallest absolute Gasteiger partial charge is 0.0625 e. The van der Waals surface area contributed by atoms with Crippen LogP contribution >= 0.6 is 27.7 Å². The Morgan fingerprint density at radius 1 is 1.57 bits per heavy atom. The lowest BCUT2D eigenvalue weighted by Crippen LogP contribution is -2.37. The van der Waals surface area contributed by atoms with Crippen LogP contribution in [-0.2, 0) is 0 Å². The molecule has 1 aliphatic heterocycles. The maximum absolute atomic E-state index is 5.72. The van der Waals surface area contributed by atoms with Gasteiger partial charge in [0, 0.05) is 27.2 Å². The van der Waals surface area contributed by atoms with Gasteiger partial charge in [-0.2, -0.15) is 0 Å². The van der Waals surface area contributed by atoms with Crippen LogP contribution in [0.5, 0.6) is 0 Å². The zero-order chi connectivity index (χ0) is 10.1. The van der Waals surface area contributed by atoms with E-state index in [2.05, 4.69) is 46.4 Å². The minimum absolute atomic E-state index is 0.427. The SMILES string of the molecule is CC1Nc2c(Br)cccc2SC1CN. The molecule has 2 unspecified atom stereocenters. The van der Waals surface area contributed by atoms with E-state index in [1.165, 1.54) is 10.6 Å². The highest BCUT2D eigenvalue weighted by Gasteiger charge is 2.25. The van der Waals surface area contributed by atoms with E-state index in [1.807, 2.05) is 11.8 Å². The van der Waals surface area contributed by atoms with E-state index in [0.29, 0.717) is 17.8 Å². The Labute approximate surface area is 96.8 Å². The predicted molar refractivity (Wildman–Crippen MR) is 65.9 cm³/mol. The Hall–Kier alpha value is -0.190. The molecule has 1 aromatic carbocycles. The standard InChI is InChI=1S/C10H13BrN2S/c1-6-9(5-12)14-8-4-2-3-7(11)10(8)13-6/h2-4,6,9,13H,5,12H2,1H3. The van der Waals surface area contributed by atoms with Gasteiger partial charge in [-0.3, -0.25) is 0 Å². The first kappa shape index (κ1) is 10.3. The molecular formula is C10H13BrN2S. The highest BCUT2D eigenvalue weighted by atomic mass is 79.9. The molecule has 0 aliphatic carbocycles. The van der Waals surface area contributed by atoms with Crippen LogP contribution in [0.25, 0.3) is 0 Å². The fourth-order valence-corrected chi connectivity index (χ4v) is 3.33. The van der Waals surface area contributed by atoms with Crippen LogP contribution < -0.4 is 11.1 Å². The average Bonchev–Trinajstić information content (AvgIpc) is 2.19. The third kappa shape index (κ3) is 1.78. The molecule has 0 saturated heterocycles. The van der Waals surface area contributed by atoms with Crippen molar-refractivity contribution in [3.63, 3.8) is 0 Å². The summed E-state index contributed by atoms with van der Waals surface area (Å²) in [4.78, 5) is 1.29. The number of nitrogens with two attached hydrogens (primary N) is 1. The van der Waals surface area contributed by atoms with Gasteiger partial charge in [0.05, 0.1) is 5.69 Å². The summed E-state index contributed by atoms with van der Waals surface area (Å²) in [6, 6.07) is 6.67. The van der Waals surface area contributed by atoms with Gasteiger partial charge in [-0.15, -0.1) is 11.8 Å². The van der Waals surface area contributed by atoms with Crippen LogP contribution in [-0.4, -0.2) is 17.8 Å². The number of anilines is 1. The summed E-state index contributed by atoms with van der Waals surface area (Å²) in [7, 11) is 0. The molecule has 0 saturated carbocycles. The third-order valence-electron chi connectivity index (χ3n) is 2.42. The van der Waals surface area contributed by atoms with Gasteiger partial charge >= 0.3 is 0 Å². The van der Waals surface area contributed by atoms with Crippen molar-refractivity contribution in [3.8, 4) is 0 Å². The number of fused-ring (bicyclic) bond motifs is 1. The van der Waals surface area contributed by atoms with Crippen LogP contribution in [0.15, 0.2) is 27.6 Å². The molecule has 1 aromatic rings. The molecule has 0 spiro atoms. The van der Waals surface area contributed by atoms with Crippen molar-refractivity contribution in [2.24, 2.45) is 5.73 Å². The van der Waals surface area contributed by atoms with Gasteiger partial charge in [0.25, 0.3) is 0 Å². The number of hydrogen-bond acceptors (Lipinski definition) is 3. The lowest BCUT2D eigenvalue weighted by Gasteiger charge is -2.31. The molecule has 0 bridgehead atoms. The van der Waals surface area contributed by atoms with E-state index in [9.17, 15) is 0 Å². The number of hydrogen-bond donors (Lipinski definition) is 2. The van der Waals surface area contributed by atoms with Crippen molar-refractivity contribution in [1.82, 2.24) is 0 Å². The number of thioether (sulfide) groups is 1. The summed E-state index contributed by atoms with van der Waals surface area (Å²) in [6.45, 7) is 2.89. The Morgan fingerprint density at radius 2 is 2.36 bits per heavy atom. The fraction of sp³-hybridized carbons (Fsp3) is 0.400. The molecule has 0 fully saturated rings. The van der Waals surface area contributed by atoms with Crippen LogP contribution in [0.2, 0.25) is 0 Å². The topological polar surface area (TPSA) is 38.0 Å². The second kappa shape index (κ2) is 4.13. The molecular weight excluding hydrogens is 260 g/mol. The van der Waals surface area contributed by atoms with Gasteiger partial charge in [-0.25, -0.2) is 0 Å². The van der Waals surface area contributed by atoms with Crippen molar-refractivity contribution >= 4 is 33.4 Å². The summed E-state index contributed by atoms with van der Waals surface area (Å²) in [6.07, 6.45) is 0. The summed E-state index contributed by atoms with van der Waals surface area (Å²) >= 11 is 5.41. The lowest BCUT2D eigenvalue weighted by atomic mass is 10.2. The minimum atomic E-state index is 0.427. The van der Waals surface area contributed by atoms with E-state index < -0.39 is 0 Å². The highest BCUT2D eigenvalue weighted by molar-refractivity contribution is 9.10. The van der Waals surface area contributed by atoms with Crippen molar-refractivity contribution < 1.29 is 0 Å². The van der Waals surface area contributed by atoms with Gasteiger partial charge in [-0.1, -0.05) is 6.07 Å². The molecule has 14 heavy (non-hydrogen) atoms. The molecule has 0 radical (unpaired) electrons. The van der Waals surface area contributed by atoms with Crippen molar-refractivity contribution in [2.45, 2.75) is 23.1 Å². The maximum Gasteiger partial charge on any atom is 0.0625 e. The normalized spacial score (nSPS) is 25.4. The molecule has 3 N–H and O–H groups in total. The summed E-state index contributed by atoms with van der Waals surface area (Å²) in [5.41, 5.74) is 6.92. The average molecular weight is 273 g/mol. The van der Waals surface area contributed by atoms with Crippen molar-refractivity contribution in [1.29, 1.82) is 0 Å². The van der Waals surface area contributed by atoms with Gasteiger partial charge in [0.1, 0.15) is 0 Å². The molecule has 2 nitrogen and oxygen atoms in total. The number of benzene rings is 1. The molecule has 4 heteroatoms. The van der Waals surface area contributed by atoms with Gasteiger partial charge < -0.3 is 11.1 Å². The first-order valence-corrected chi connectivity index (χ1v) is 6.31. The predicted octanol–water partition coefficient (Wildman–Crippen LogP) is 2.68. The summed E-state index contributed by atoms with van der Waals surface area (Å²) in [5, 5.41) is 3.95. The van der Waals surface area contributed by atoms with E-state index in [-0.39, 0.29) is 0 Å². The molecule has 0 amide bonds. The fourth-order valence-electron chi connectivity index (χ4n) is 1.58. The van der Waals surface area contributed by atoms with Gasteiger partial charge in [0.2, 0.25) is 0 Å². The molecule has 0 aromatic heterocycles. The summed E-state index contributed by atoms with van der Waals surface area (Å²) in [5.74, 6) is 0. The van der Waals surface area contributed by atoms with Gasteiger partial charge in [-0.05, 0) is 35.0 Å². The van der Waals surface area contributed by atoms with Crippen LogP contribution in [0.4, 0.5) is 5.69 Å². The van der Waals surface area contributed by atoms with Crippen LogP contribution in [0, 0.1) is 0 Å². The largest absolute Gasteiger partial charge is 0.380 e. The number of para-hydroxylation sites is 1. The van der Waals surface area contributed by atoms with Crippen molar-refractivity contribution in [3.05, 3.63) is 22.7 Å². The molecule has 76 valence electrons. The van der Waals surface area contributed by atoms with E-state index in [1.54, 1.807) is 0 Å². The molecule has 2 rings (SSSR count). The Kier molecular flexibility index (Phi) is 3.04. The Morgan fingerprint density at radius 3 is 3.07 bits per heavy atom. The second-order valence-electron chi connectivity index (χ2n) is 3.44. The van der Waals surface area contributed by atoms with Crippen LogP contribution in [0.3, 0.4) is 0 Å². The monoisotopic (exact) mass is 272 g/mol. The van der Waals surface area contributed by atoms with Crippen LogP contribution in [0.1, 0.15) is 6.92 Å². The number of nitrogens with one attached hydrogen (secondary N) is 1. The maximum atomic E-state index is 5.72. The Bertz CT molecular complexity index is 343. The molecule has 1 heterocycles. The molecule has 1 aliphatic rings. The number of rotatable bonds is 1. The zero-order valence-corrected chi connectivity index (χ0v) is 10.4. The van der Waals surface area contributed by atoms with E-state index >= 15 is 0 Å². The minimum Gasteiger partial charge on any atom is -0.380 e. The first-order valence-electron chi connectivity index (χ1n) is 4.64. The lowest BCUT2D eigenvalue weighted by molar-refractivity contribution is 0.723. The molecule has 2 atom stereocenters. The van der Waals surface area contributed by atoms with E-state index in [0.717, 1.165) is 4.47 Å². The Balaban J connectivity index is 2.35.